The molecule has 0 aliphatic rings. The van der Waals surface area contributed by atoms with E-state index in [4.69, 9.17) is 0 Å². The Morgan fingerprint density at radius 2 is 1.21 bits per heavy atom. The molecule has 66 valence electrons. The topological polar surface area (TPSA) is 0 Å². The molecular formula is C12H11KS. The first-order valence-corrected chi connectivity index (χ1v) is 4.65. The molecule has 0 radical (unpaired) electrons. The van der Waals surface area contributed by atoms with Crippen LogP contribution in [0.4, 0.5) is 0 Å². The Balaban J connectivity index is 0.000000980. The fourth-order valence-electron chi connectivity index (χ4n) is 1.28. The van der Waals surface area contributed by atoms with Crippen molar-refractivity contribution in [1.82, 2.24) is 0 Å². The maximum absolute atomic E-state index is 4.24. The summed E-state index contributed by atoms with van der Waals surface area (Å²) in [5.41, 5.74) is 2.48. The van der Waals surface area contributed by atoms with E-state index in [1.807, 2.05) is 30.3 Å². The van der Waals surface area contributed by atoms with Gasteiger partial charge in [-0.1, -0.05) is 42.5 Å². The molecule has 0 heterocycles. The summed E-state index contributed by atoms with van der Waals surface area (Å²) in [7, 11) is 0. The standard InChI is InChI=1S/C12H10S.K.H/c13-12-8-6-11(7-9-12)10-4-2-1-3-5-10;;/h1-9,13H;;/q;+1;-1. The third-order valence-corrected chi connectivity index (χ3v) is 2.27. The Bertz CT molecular complexity index is 386. The first kappa shape index (κ1) is 12.5. The normalized spacial score (nSPS) is 9.21. The molecule has 0 aliphatic carbocycles. The number of hydrogen-bond acceptors (Lipinski definition) is 1. The van der Waals surface area contributed by atoms with Gasteiger partial charge in [0.15, 0.2) is 0 Å². The van der Waals surface area contributed by atoms with Crippen LogP contribution in [0.3, 0.4) is 0 Å². The molecule has 0 saturated heterocycles. The molecule has 0 unspecified atom stereocenters. The van der Waals surface area contributed by atoms with Crippen molar-refractivity contribution in [1.29, 1.82) is 0 Å². The largest absolute Gasteiger partial charge is 1.00 e. The van der Waals surface area contributed by atoms with Gasteiger partial charge in [-0.25, -0.2) is 0 Å². The van der Waals surface area contributed by atoms with Crippen LogP contribution in [0.25, 0.3) is 11.1 Å². The fourth-order valence-corrected chi connectivity index (χ4v) is 1.43. The van der Waals surface area contributed by atoms with Gasteiger partial charge < -0.3 is 1.43 Å². The fraction of sp³-hybridized carbons (Fsp3) is 0. The second-order valence-corrected chi connectivity index (χ2v) is 3.43. The maximum Gasteiger partial charge on any atom is 1.00 e. The molecule has 0 fully saturated rings. The van der Waals surface area contributed by atoms with E-state index in [1.165, 1.54) is 11.1 Å². The maximum atomic E-state index is 4.24. The zero-order valence-electron chi connectivity index (χ0n) is 9.14. The summed E-state index contributed by atoms with van der Waals surface area (Å²) in [5.74, 6) is 0. The predicted molar refractivity (Wildman–Crippen MR) is 60.2 cm³/mol. The Labute approximate surface area is 134 Å². The Morgan fingerprint density at radius 3 is 1.79 bits per heavy atom. The van der Waals surface area contributed by atoms with Gasteiger partial charge in [0.2, 0.25) is 0 Å². The molecule has 2 aromatic carbocycles. The van der Waals surface area contributed by atoms with Crippen molar-refractivity contribution in [3.8, 4) is 11.1 Å². The van der Waals surface area contributed by atoms with Crippen LogP contribution in [0.1, 0.15) is 1.43 Å². The molecule has 0 saturated carbocycles. The second kappa shape index (κ2) is 6.11. The van der Waals surface area contributed by atoms with Gasteiger partial charge in [0.25, 0.3) is 0 Å². The SMILES string of the molecule is Sc1ccc(-c2ccccc2)cc1.[H-].[K+]. The van der Waals surface area contributed by atoms with Crippen LogP contribution in [-0.2, 0) is 0 Å². The summed E-state index contributed by atoms with van der Waals surface area (Å²) in [6.45, 7) is 0. The average Bonchev–Trinajstić information content (AvgIpc) is 2.20. The molecule has 0 atom stereocenters. The van der Waals surface area contributed by atoms with Crippen molar-refractivity contribution in [2.45, 2.75) is 4.90 Å². The molecule has 0 bridgehead atoms. The molecular weight excluding hydrogens is 215 g/mol. The van der Waals surface area contributed by atoms with E-state index in [9.17, 15) is 0 Å². The van der Waals surface area contributed by atoms with Gasteiger partial charge in [0, 0.05) is 4.90 Å². The van der Waals surface area contributed by atoms with Gasteiger partial charge in [-0.2, -0.15) is 0 Å². The van der Waals surface area contributed by atoms with Crippen molar-refractivity contribution in [2.75, 3.05) is 0 Å². The van der Waals surface area contributed by atoms with E-state index < -0.39 is 0 Å². The van der Waals surface area contributed by atoms with E-state index in [0.29, 0.717) is 0 Å². The van der Waals surface area contributed by atoms with Gasteiger partial charge in [0.05, 0.1) is 0 Å². The summed E-state index contributed by atoms with van der Waals surface area (Å²) in [6.07, 6.45) is 0. The van der Waals surface area contributed by atoms with Crippen LogP contribution in [-0.4, -0.2) is 0 Å². The molecule has 0 nitrogen and oxygen atoms in total. The number of hydrogen-bond donors (Lipinski definition) is 1. The van der Waals surface area contributed by atoms with Gasteiger partial charge in [-0.05, 0) is 23.3 Å². The van der Waals surface area contributed by atoms with Crippen LogP contribution in [0, 0.1) is 0 Å². The van der Waals surface area contributed by atoms with Crippen molar-refractivity contribution in [3.05, 3.63) is 54.6 Å². The van der Waals surface area contributed by atoms with Crippen molar-refractivity contribution in [3.63, 3.8) is 0 Å². The zero-order valence-corrected chi connectivity index (χ0v) is 12.2. The summed E-state index contributed by atoms with van der Waals surface area (Å²) in [4.78, 5) is 1.000. The van der Waals surface area contributed by atoms with E-state index in [-0.39, 0.29) is 52.8 Å². The van der Waals surface area contributed by atoms with Crippen LogP contribution >= 0.6 is 12.6 Å². The Morgan fingerprint density at radius 1 is 0.714 bits per heavy atom. The smallest absolute Gasteiger partial charge is 1.00 e. The monoisotopic (exact) mass is 226 g/mol. The average molecular weight is 226 g/mol. The predicted octanol–water partition coefficient (Wildman–Crippen LogP) is 0.759. The van der Waals surface area contributed by atoms with Gasteiger partial charge >= 0.3 is 51.4 Å². The summed E-state index contributed by atoms with van der Waals surface area (Å²) in [6, 6.07) is 18.5. The third kappa shape index (κ3) is 3.23. The number of thiol groups is 1. The summed E-state index contributed by atoms with van der Waals surface area (Å²) >= 11 is 4.24. The number of benzene rings is 2. The quantitative estimate of drug-likeness (QED) is 0.539. The Kier molecular flexibility index (Phi) is 5.45. The third-order valence-electron chi connectivity index (χ3n) is 1.97. The summed E-state index contributed by atoms with van der Waals surface area (Å²) in [5, 5.41) is 0. The van der Waals surface area contributed by atoms with Crippen molar-refractivity contribution < 1.29 is 52.8 Å². The minimum Gasteiger partial charge on any atom is -1.00 e. The van der Waals surface area contributed by atoms with Crippen LogP contribution in [0.5, 0.6) is 0 Å². The molecule has 14 heavy (non-hydrogen) atoms. The van der Waals surface area contributed by atoms with E-state index in [2.05, 4.69) is 36.9 Å². The zero-order chi connectivity index (χ0) is 9.10. The molecule has 2 rings (SSSR count). The van der Waals surface area contributed by atoms with E-state index >= 15 is 0 Å². The number of rotatable bonds is 1. The van der Waals surface area contributed by atoms with Gasteiger partial charge in [-0.3, -0.25) is 0 Å². The van der Waals surface area contributed by atoms with Crippen molar-refractivity contribution in [2.24, 2.45) is 0 Å². The molecule has 0 aliphatic heterocycles. The second-order valence-electron chi connectivity index (χ2n) is 2.91. The minimum atomic E-state index is 0. The molecule has 0 N–H and O–H groups in total. The van der Waals surface area contributed by atoms with E-state index in [1.54, 1.807) is 0 Å². The van der Waals surface area contributed by atoms with Crippen LogP contribution in [0.2, 0.25) is 0 Å². The first-order valence-electron chi connectivity index (χ1n) is 4.21. The van der Waals surface area contributed by atoms with Gasteiger partial charge in [-0.15, -0.1) is 12.6 Å². The minimum absolute atomic E-state index is 0. The van der Waals surface area contributed by atoms with Crippen LogP contribution in [0.15, 0.2) is 59.5 Å². The van der Waals surface area contributed by atoms with Crippen LogP contribution < -0.4 is 51.4 Å². The molecule has 0 spiro atoms. The summed E-state index contributed by atoms with van der Waals surface area (Å²) < 4.78 is 0. The van der Waals surface area contributed by atoms with Gasteiger partial charge in [0.1, 0.15) is 0 Å². The van der Waals surface area contributed by atoms with E-state index in [0.717, 1.165) is 4.90 Å². The molecule has 0 amide bonds. The molecule has 2 heteroatoms. The molecule has 2 aromatic rings. The first-order chi connectivity index (χ1) is 6.36. The van der Waals surface area contributed by atoms with Crippen molar-refractivity contribution >= 4 is 12.6 Å². The Hall–Kier alpha value is 0.426. The molecule has 0 aromatic heterocycles.